The number of pyridine rings is 1. The largest absolute Gasteiger partial charge is 0.486 e. The van der Waals surface area contributed by atoms with Crippen molar-refractivity contribution in [2.45, 2.75) is 20.1 Å². The molecule has 2 rings (SSSR count). The summed E-state index contributed by atoms with van der Waals surface area (Å²) in [5.74, 6) is 0.737. The van der Waals surface area contributed by atoms with Crippen LogP contribution in [0.1, 0.15) is 17.1 Å². The van der Waals surface area contributed by atoms with Gasteiger partial charge in [-0.25, -0.2) is 0 Å². The molecule has 17 heavy (non-hydrogen) atoms. The van der Waals surface area contributed by atoms with Crippen molar-refractivity contribution < 1.29 is 4.74 Å². The molecule has 0 unspecified atom stereocenters. The van der Waals surface area contributed by atoms with Crippen LogP contribution < -0.4 is 10.5 Å². The van der Waals surface area contributed by atoms with Crippen molar-refractivity contribution in [2.75, 3.05) is 0 Å². The zero-order valence-electron chi connectivity index (χ0n) is 10.1. The number of rotatable bonds is 4. The summed E-state index contributed by atoms with van der Waals surface area (Å²) in [6.45, 7) is 2.89. The zero-order chi connectivity index (χ0) is 12.3. The van der Waals surface area contributed by atoms with Crippen molar-refractivity contribution in [2.24, 2.45) is 12.8 Å². The lowest BCUT2D eigenvalue weighted by atomic mass is 10.3. The van der Waals surface area contributed by atoms with Gasteiger partial charge in [0.05, 0.1) is 23.3 Å². The third-order valence-corrected chi connectivity index (χ3v) is 2.49. The molecule has 2 aromatic rings. The van der Waals surface area contributed by atoms with Crippen LogP contribution in [0.25, 0.3) is 0 Å². The molecule has 0 saturated carbocycles. The smallest absolute Gasteiger partial charge is 0.138 e. The highest BCUT2D eigenvalue weighted by atomic mass is 16.5. The van der Waals surface area contributed by atoms with Gasteiger partial charge in [0.15, 0.2) is 0 Å². The lowest BCUT2D eigenvalue weighted by molar-refractivity contribution is 0.293. The summed E-state index contributed by atoms with van der Waals surface area (Å²) in [6, 6.07) is 5.74. The average Bonchev–Trinajstić information content (AvgIpc) is 2.66. The van der Waals surface area contributed by atoms with Crippen molar-refractivity contribution in [3.8, 4) is 5.75 Å². The molecular weight excluding hydrogens is 216 g/mol. The van der Waals surface area contributed by atoms with Gasteiger partial charge >= 0.3 is 0 Å². The van der Waals surface area contributed by atoms with Crippen molar-refractivity contribution in [3.63, 3.8) is 0 Å². The van der Waals surface area contributed by atoms with E-state index in [0.29, 0.717) is 13.2 Å². The van der Waals surface area contributed by atoms with Crippen LogP contribution in [0.3, 0.4) is 0 Å². The molecule has 0 aliphatic heterocycles. The van der Waals surface area contributed by atoms with Crippen LogP contribution in [0.4, 0.5) is 0 Å². The summed E-state index contributed by atoms with van der Waals surface area (Å²) in [7, 11) is 1.90. The highest BCUT2D eigenvalue weighted by Gasteiger charge is 2.03. The fourth-order valence-corrected chi connectivity index (χ4v) is 1.57. The number of nitrogens with two attached hydrogens (primary N) is 1. The van der Waals surface area contributed by atoms with E-state index in [1.807, 2.05) is 36.9 Å². The van der Waals surface area contributed by atoms with Gasteiger partial charge in [0, 0.05) is 13.6 Å². The number of nitrogens with zero attached hydrogens (tertiary/aromatic N) is 3. The normalized spacial score (nSPS) is 10.5. The van der Waals surface area contributed by atoms with Gasteiger partial charge in [0.25, 0.3) is 0 Å². The van der Waals surface area contributed by atoms with Gasteiger partial charge in [-0.05, 0) is 25.1 Å². The molecule has 0 aliphatic rings. The quantitative estimate of drug-likeness (QED) is 0.859. The Morgan fingerprint density at radius 1 is 1.41 bits per heavy atom. The second kappa shape index (κ2) is 4.97. The fourth-order valence-electron chi connectivity index (χ4n) is 1.57. The first-order valence-electron chi connectivity index (χ1n) is 5.46. The second-order valence-corrected chi connectivity index (χ2v) is 3.88. The molecule has 0 atom stereocenters. The summed E-state index contributed by atoms with van der Waals surface area (Å²) in [4.78, 5) is 4.16. The Morgan fingerprint density at radius 3 is 2.76 bits per heavy atom. The lowest BCUT2D eigenvalue weighted by Gasteiger charge is -2.06. The van der Waals surface area contributed by atoms with Crippen LogP contribution >= 0.6 is 0 Å². The SMILES string of the molecule is Cc1cc(COc2ccc(CN)nc2)n(C)n1. The molecule has 0 aliphatic carbocycles. The number of ether oxygens (including phenoxy) is 1. The van der Waals surface area contributed by atoms with E-state index in [1.54, 1.807) is 6.20 Å². The number of aryl methyl sites for hydroxylation is 2. The zero-order valence-corrected chi connectivity index (χ0v) is 10.1. The maximum absolute atomic E-state index is 5.62. The molecule has 5 heteroatoms. The van der Waals surface area contributed by atoms with Gasteiger partial charge in [-0.2, -0.15) is 5.10 Å². The van der Waals surface area contributed by atoms with E-state index < -0.39 is 0 Å². The first-order chi connectivity index (χ1) is 8.19. The molecule has 0 aromatic carbocycles. The van der Waals surface area contributed by atoms with Crippen LogP contribution in [0.2, 0.25) is 0 Å². The van der Waals surface area contributed by atoms with E-state index in [4.69, 9.17) is 10.5 Å². The van der Waals surface area contributed by atoms with Gasteiger partial charge in [-0.15, -0.1) is 0 Å². The van der Waals surface area contributed by atoms with E-state index in [-0.39, 0.29) is 0 Å². The second-order valence-electron chi connectivity index (χ2n) is 3.88. The fraction of sp³-hybridized carbons (Fsp3) is 0.333. The van der Waals surface area contributed by atoms with Gasteiger partial charge in [-0.1, -0.05) is 0 Å². The van der Waals surface area contributed by atoms with Crippen LogP contribution in [-0.2, 0) is 20.2 Å². The lowest BCUT2D eigenvalue weighted by Crippen LogP contribution is -2.04. The Hall–Kier alpha value is -1.88. The maximum atomic E-state index is 5.62. The predicted octanol–water partition coefficient (Wildman–Crippen LogP) is 1.16. The third kappa shape index (κ3) is 2.82. The van der Waals surface area contributed by atoms with Gasteiger partial charge in [0.2, 0.25) is 0 Å². The van der Waals surface area contributed by atoms with Gasteiger partial charge in [0.1, 0.15) is 12.4 Å². The summed E-state index contributed by atoms with van der Waals surface area (Å²) < 4.78 is 7.44. The van der Waals surface area contributed by atoms with Crippen molar-refractivity contribution in [3.05, 3.63) is 41.5 Å². The molecule has 0 spiro atoms. The average molecular weight is 232 g/mol. The molecule has 0 fully saturated rings. The summed E-state index contributed by atoms with van der Waals surface area (Å²) in [5.41, 5.74) is 8.35. The molecule has 0 radical (unpaired) electrons. The first-order valence-corrected chi connectivity index (χ1v) is 5.46. The summed E-state index contributed by atoms with van der Waals surface area (Å²) >= 11 is 0. The van der Waals surface area contributed by atoms with Crippen LogP contribution in [0.5, 0.6) is 5.75 Å². The number of hydrogen-bond acceptors (Lipinski definition) is 4. The monoisotopic (exact) mass is 232 g/mol. The molecule has 0 amide bonds. The molecule has 5 nitrogen and oxygen atoms in total. The molecule has 90 valence electrons. The van der Waals surface area contributed by atoms with E-state index >= 15 is 0 Å². The van der Waals surface area contributed by atoms with Gasteiger partial charge in [-0.3, -0.25) is 9.67 Å². The number of hydrogen-bond donors (Lipinski definition) is 1. The van der Waals surface area contributed by atoms with Crippen molar-refractivity contribution >= 4 is 0 Å². The summed E-state index contributed by atoms with van der Waals surface area (Å²) in [6.07, 6.45) is 1.69. The van der Waals surface area contributed by atoms with E-state index in [0.717, 1.165) is 22.8 Å². The Kier molecular flexibility index (Phi) is 3.39. The molecule has 2 heterocycles. The van der Waals surface area contributed by atoms with Crippen LogP contribution in [0.15, 0.2) is 24.4 Å². The van der Waals surface area contributed by atoms with Crippen molar-refractivity contribution in [1.29, 1.82) is 0 Å². The highest BCUT2D eigenvalue weighted by Crippen LogP contribution is 2.12. The molecular formula is C12H16N4O. The van der Waals surface area contributed by atoms with Crippen LogP contribution in [0, 0.1) is 6.92 Å². The minimum atomic E-state index is 0.446. The summed E-state index contributed by atoms with van der Waals surface area (Å²) in [5, 5.41) is 4.26. The first kappa shape index (κ1) is 11.6. The van der Waals surface area contributed by atoms with Crippen molar-refractivity contribution in [1.82, 2.24) is 14.8 Å². The predicted molar refractivity (Wildman–Crippen MR) is 64.4 cm³/mol. The number of aromatic nitrogens is 3. The van der Waals surface area contributed by atoms with E-state index in [2.05, 4.69) is 10.1 Å². The Bertz CT molecular complexity index is 490. The Balaban J connectivity index is 1.99. The van der Waals surface area contributed by atoms with E-state index in [1.165, 1.54) is 0 Å². The molecule has 2 aromatic heterocycles. The highest BCUT2D eigenvalue weighted by molar-refractivity contribution is 5.20. The Labute approximate surface area is 100 Å². The van der Waals surface area contributed by atoms with E-state index in [9.17, 15) is 0 Å². The third-order valence-electron chi connectivity index (χ3n) is 2.49. The molecule has 0 saturated heterocycles. The Morgan fingerprint density at radius 2 is 2.24 bits per heavy atom. The molecule has 0 bridgehead atoms. The molecule has 2 N–H and O–H groups in total. The van der Waals surface area contributed by atoms with Gasteiger partial charge < -0.3 is 10.5 Å². The minimum absolute atomic E-state index is 0.446. The maximum Gasteiger partial charge on any atom is 0.138 e. The topological polar surface area (TPSA) is 66.0 Å². The minimum Gasteiger partial charge on any atom is -0.486 e. The van der Waals surface area contributed by atoms with Crippen LogP contribution in [-0.4, -0.2) is 14.8 Å². The standard InChI is InChI=1S/C12H16N4O/c1-9-5-11(16(2)15-9)8-17-12-4-3-10(6-13)14-7-12/h3-5,7H,6,8,13H2,1-2H3.